The number of nitrogens with one attached hydrogen (secondary N) is 1. The van der Waals surface area contributed by atoms with Crippen molar-refractivity contribution in [3.8, 4) is 0 Å². The van der Waals surface area contributed by atoms with Crippen LogP contribution in [0.2, 0.25) is 0 Å². The van der Waals surface area contributed by atoms with E-state index in [4.69, 9.17) is 0 Å². The standard InChI is InChI=1S/C11H7F2NOS2/c12-7-2-1-3-8(13)10(7)14-11(15)9-4-6(16)5-17-9/h1-5,16H,(H,14,15). The molecule has 1 heterocycles. The Bertz CT molecular complexity index is 548. The van der Waals surface area contributed by atoms with Gasteiger partial charge < -0.3 is 5.32 Å². The lowest BCUT2D eigenvalue weighted by molar-refractivity contribution is 0.102. The highest BCUT2D eigenvalue weighted by Gasteiger charge is 2.14. The number of benzene rings is 1. The lowest BCUT2D eigenvalue weighted by Gasteiger charge is -2.05. The van der Waals surface area contributed by atoms with Gasteiger partial charge in [-0.25, -0.2) is 8.78 Å². The number of para-hydroxylation sites is 1. The minimum absolute atomic E-state index is 0.345. The minimum Gasteiger partial charge on any atom is -0.316 e. The minimum atomic E-state index is -0.805. The SMILES string of the molecule is O=C(Nc1c(F)cccc1F)c1cc(S)cs1. The first-order valence-electron chi connectivity index (χ1n) is 4.61. The maximum atomic E-state index is 13.3. The maximum absolute atomic E-state index is 13.3. The van der Waals surface area contributed by atoms with Gasteiger partial charge in [-0.05, 0) is 18.2 Å². The Labute approximate surface area is 106 Å². The van der Waals surface area contributed by atoms with Gasteiger partial charge in [0.15, 0.2) is 0 Å². The van der Waals surface area contributed by atoms with Gasteiger partial charge in [-0.2, -0.15) is 0 Å². The predicted molar refractivity (Wildman–Crippen MR) is 65.9 cm³/mol. The van der Waals surface area contributed by atoms with Gasteiger partial charge in [0.05, 0.1) is 4.88 Å². The zero-order chi connectivity index (χ0) is 12.4. The largest absolute Gasteiger partial charge is 0.316 e. The fraction of sp³-hybridized carbons (Fsp3) is 0. The monoisotopic (exact) mass is 271 g/mol. The third-order valence-electron chi connectivity index (χ3n) is 2.01. The second-order valence-corrected chi connectivity index (χ2v) is 4.65. The van der Waals surface area contributed by atoms with Gasteiger partial charge in [0.2, 0.25) is 0 Å². The van der Waals surface area contributed by atoms with Crippen LogP contribution >= 0.6 is 24.0 Å². The van der Waals surface area contributed by atoms with Gasteiger partial charge in [-0.15, -0.1) is 24.0 Å². The fourth-order valence-corrected chi connectivity index (χ4v) is 2.28. The molecule has 2 rings (SSSR count). The number of halogens is 2. The van der Waals surface area contributed by atoms with E-state index in [1.807, 2.05) is 0 Å². The number of thiophene rings is 1. The summed E-state index contributed by atoms with van der Waals surface area (Å²) < 4.78 is 26.5. The second kappa shape index (κ2) is 4.85. The van der Waals surface area contributed by atoms with Gasteiger partial charge in [0.1, 0.15) is 17.3 Å². The van der Waals surface area contributed by atoms with Crippen LogP contribution in [-0.2, 0) is 0 Å². The van der Waals surface area contributed by atoms with Crippen LogP contribution in [0.15, 0.2) is 34.5 Å². The molecule has 88 valence electrons. The average molecular weight is 271 g/mol. The van der Waals surface area contributed by atoms with Gasteiger partial charge in [0.25, 0.3) is 5.91 Å². The summed E-state index contributed by atoms with van der Waals surface area (Å²) in [5, 5.41) is 3.86. The third-order valence-corrected chi connectivity index (χ3v) is 3.37. The van der Waals surface area contributed by atoms with E-state index >= 15 is 0 Å². The summed E-state index contributed by atoms with van der Waals surface area (Å²) in [7, 11) is 0. The highest BCUT2D eigenvalue weighted by atomic mass is 32.1. The zero-order valence-electron chi connectivity index (χ0n) is 8.41. The normalized spacial score (nSPS) is 10.3. The Morgan fingerprint density at radius 2 is 1.94 bits per heavy atom. The zero-order valence-corrected chi connectivity index (χ0v) is 10.1. The summed E-state index contributed by atoms with van der Waals surface area (Å²) in [5.41, 5.74) is -0.438. The van der Waals surface area contributed by atoms with Crippen LogP contribution in [0.25, 0.3) is 0 Å². The van der Waals surface area contributed by atoms with Crippen molar-refractivity contribution in [2.45, 2.75) is 4.90 Å². The number of anilines is 1. The van der Waals surface area contributed by atoms with E-state index < -0.39 is 23.2 Å². The molecule has 0 aliphatic carbocycles. The van der Waals surface area contributed by atoms with E-state index in [0.29, 0.717) is 9.77 Å². The van der Waals surface area contributed by atoms with Crippen molar-refractivity contribution < 1.29 is 13.6 Å². The predicted octanol–water partition coefficient (Wildman–Crippen LogP) is 3.57. The Morgan fingerprint density at radius 3 is 2.47 bits per heavy atom. The Morgan fingerprint density at radius 1 is 1.29 bits per heavy atom. The van der Waals surface area contributed by atoms with Crippen LogP contribution in [-0.4, -0.2) is 5.91 Å². The Hall–Kier alpha value is -1.40. The molecule has 0 radical (unpaired) electrons. The molecule has 1 amide bonds. The lowest BCUT2D eigenvalue weighted by atomic mass is 10.3. The first kappa shape index (κ1) is 12.1. The molecule has 0 fully saturated rings. The molecule has 17 heavy (non-hydrogen) atoms. The number of thiol groups is 1. The van der Waals surface area contributed by atoms with E-state index in [2.05, 4.69) is 17.9 Å². The average Bonchev–Trinajstić information content (AvgIpc) is 2.70. The van der Waals surface area contributed by atoms with Crippen molar-refractivity contribution in [2.24, 2.45) is 0 Å². The van der Waals surface area contributed by atoms with Gasteiger partial charge >= 0.3 is 0 Å². The smallest absolute Gasteiger partial charge is 0.265 e. The van der Waals surface area contributed by atoms with Crippen LogP contribution in [0, 0.1) is 11.6 Å². The fourth-order valence-electron chi connectivity index (χ4n) is 1.24. The second-order valence-electron chi connectivity index (χ2n) is 3.22. The Kier molecular flexibility index (Phi) is 3.44. The van der Waals surface area contributed by atoms with Crippen molar-refractivity contribution in [3.05, 3.63) is 46.2 Å². The summed E-state index contributed by atoms with van der Waals surface area (Å²) in [4.78, 5) is 12.6. The summed E-state index contributed by atoms with van der Waals surface area (Å²) in [6, 6.07) is 4.92. The first-order chi connectivity index (χ1) is 8.08. The van der Waals surface area contributed by atoms with Crippen LogP contribution in [0.3, 0.4) is 0 Å². The highest BCUT2D eigenvalue weighted by Crippen LogP contribution is 2.22. The number of amides is 1. The molecular weight excluding hydrogens is 264 g/mol. The summed E-state index contributed by atoms with van der Waals surface area (Å²) in [6.07, 6.45) is 0. The van der Waals surface area contributed by atoms with Crippen molar-refractivity contribution >= 4 is 35.6 Å². The van der Waals surface area contributed by atoms with Crippen molar-refractivity contribution in [1.29, 1.82) is 0 Å². The molecule has 6 heteroatoms. The molecule has 0 unspecified atom stereocenters. The molecule has 1 aromatic heterocycles. The van der Waals surface area contributed by atoms with Gasteiger partial charge in [0, 0.05) is 10.3 Å². The van der Waals surface area contributed by atoms with Crippen LogP contribution in [0.1, 0.15) is 9.67 Å². The van der Waals surface area contributed by atoms with Crippen LogP contribution in [0.5, 0.6) is 0 Å². The number of hydrogen-bond acceptors (Lipinski definition) is 3. The molecular formula is C11H7F2NOS2. The maximum Gasteiger partial charge on any atom is 0.265 e. The number of rotatable bonds is 2. The molecule has 2 aromatic rings. The van der Waals surface area contributed by atoms with E-state index in [1.165, 1.54) is 12.1 Å². The summed E-state index contributed by atoms with van der Waals surface area (Å²) in [5.74, 6) is -2.17. The Balaban J connectivity index is 2.24. The molecule has 1 N–H and O–H groups in total. The van der Waals surface area contributed by atoms with E-state index in [0.717, 1.165) is 23.5 Å². The summed E-state index contributed by atoms with van der Waals surface area (Å²) >= 11 is 5.20. The van der Waals surface area contributed by atoms with E-state index in [1.54, 1.807) is 5.38 Å². The molecule has 2 nitrogen and oxygen atoms in total. The molecule has 0 bridgehead atoms. The molecule has 1 aromatic carbocycles. The molecule has 0 saturated heterocycles. The van der Waals surface area contributed by atoms with Crippen molar-refractivity contribution in [2.75, 3.05) is 5.32 Å². The number of carbonyl (C=O) groups excluding carboxylic acids is 1. The van der Waals surface area contributed by atoms with Gasteiger partial charge in [-0.1, -0.05) is 6.07 Å². The van der Waals surface area contributed by atoms with Crippen LogP contribution < -0.4 is 5.32 Å². The third kappa shape index (κ3) is 2.65. The quantitative estimate of drug-likeness (QED) is 0.803. The molecule has 0 aliphatic heterocycles. The lowest BCUT2D eigenvalue weighted by Crippen LogP contribution is -2.12. The first-order valence-corrected chi connectivity index (χ1v) is 5.93. The van der Waals surface area contributed by atoms with E-state index in [9.17, 15) is 13.6 Å². The molecule has 0 spiro atoms. The van der Waals surface area contributed by atoms with Gasteiger partial charge in [-0.3, -0.25) is 4.79 Å². The van der Waals surface area contributed by atoms with Crippen molar-refractivity contribution in [3.63, 3.8) is 0 Å². The topological polar surface area (TPSA) is 29.1 Å². The van der Waals surface area contributed by atoms with Crippen molar-refractivity contribution in [1.82, 2.24) is 0 Å². The van der Waals surface area contributed by atoms with Crippen LogP contribution in [0.4, 0.5) is 14.5 Å². The molecule has 0 saturated carbocycles. The van der Waals surface area contributed by atoms with E-state index in [-0.39, 0.29) is 0 Å². The summed E-state index contributed by atoms with van der Waals surface area (Å²) in [6.45, 7) is 0. The number of hydrogen-bond donors (Lipinski definition) is 2. The molecule has 0 atom stereocenters. The highest BCUT2D eigenvalue weighted by molar-refractivity contribution is 7.80. The molecule has 0 aliphatic rings. The number of carbonyl (C=O) groups is 1.